The molecule has 0 aromatic carbocycles. The highest BCUT2D eigenvalue weighted by Gasteiger charge is 2.28. The van der Waals surface area contributed by atoms with Crippen molar-refractivity contribution in [2.45, 2.75) is 63.8 Å². The van der Waals surface area contributed by atoms with Gasteiger partial charge in [-0.15, -0.1) is 0 Å². The van der Waals surface area contributed by atoms with Gasteiger partial charge in [0.1, 0.15) is 6.04 Å². The number of nitrogens with one attached hydrogen (secondary N) is 1. The van der Waals surface area contributed by atoms with Crippen molar-refractivity contribution in [2.24, 2.45) is 5.73 Å². The number of hydrogen-bond donors (Lipinski definition) is 4. The number of thioether (sulfide) groups is 1. The number of nitrogens with two attached hydrogens (primary N) is 1. The SMILES string of the molecule is CC(=O)C(NC(=O)C(N)C1=CCCCC1)C(C)SCC(/C=C\O)=C(\C)C(=O)O. The van der Waals surface area contributed by atoms with Gasteiger partial charge in [-0.1, -0.05) is 13.0 Å². The summed E-state index contributed by atoms with van der Waals surface area (Å²) in [6.45, 7) is 4.64. The van der Waals surface area contributed by atoms with Crippen molar-refractivity contribution in [3.05, 3.63) is 35.1 Å². The van der Waals surface area contributed by atoms with Gasteiger partial charge in [0.25, 0.3) is 0 Å². The molecule has 8 heteroatoms. The van der Waals surface area contributed by atoms with Crippen molar-refractivity contribution in [3.63, 3.8) is 0 Å². The molecule has 1 aliphatic carbocycles. The number of aliphatic carboxylic acids is 1. The average Bonchev–Trinajstić information content (AvgIpc) is 2.67. The summed E-state index contributed by atoms with van der Waals surface area (Å²) in [6.07, 6.45) is 7.90. The maximum absolute atomic E-state index is 12.5. The number of Topliss-reactive ketones (excluding diaryl/α,β-unsaturated/α-hetero) is 1. The fraction of sp³-hybridized carbons (Fsp3) is 0.550. The van der Waals surface area contributed by atoms with E-state index in [0.717, 1.165) is 37.5 Å². The number of aliphatic hydroxyl groups is 1. The Morgan fingerprint density at radius 2 is 2.00 bits per heavy atom. The highest BCUT2D eigenvalue weighted by molar-refractivity contribution is 8.00. The molecule has 7 nitrogen and oxygen atoms in total. The molecular formula is C20H30N2O5S. The minimum absolute atomic E-state index is 0.111. The van der Waals surface area contributed by atoms with Gasteiger partial charge in [0.2, 0.25) is 5.91 Å². The second-order valence-corrected chi connectivity index (χ2v) is 8.25. The Hall–Kier alpha value is -2.06. The molecular weight excluding hydrogens is 380 g/mol. The summed E-state index contributed by atoms with van der Waals surface area (Å²) >= 11 is 1.32. The lowest BCUT2D eigenvalue weighted by molar-refractivity contribution is -0.132. The minimum atomic E-state index is -1.08. The molecule has 1 rings (SSSR count). The number of carbonyl (C=O) groups excluding carboxylic acids is 2. The minimum Gasteiger partial charge on any atom is -0.516 e. The third-order valence-electron chi connectivity index (χ3n) is 4.79. The Labute approximate surface area is 170 Å². The van der Waals surface area contributed by atoms with Crippen molar-refractivity contribution in [2.75, 3.05) is 5.75 Å². The van der Waals surface area contributed by atoms with Crippen LogP contribution in [0.3, 0.4) is 0 Å². The van der Waals surface area contributed by atoms with E-state index >= 15 is 0 Å². The Kier molecular flexibility index (Phi) is 10.0. The van der Waals surface area contributed by atoms with Gasteiger partial charge < -0.3 is 21.3 Å². The Morgan fingerprint density at radius 1 is 1.32 bits per heavy atom. The summed E-state index contributed by atoms with van der Waals surface area (Å²) in [5, 5.41) is 20.6. The number of hydrogen-bond acceptors (Lipinski definition) is 6. The normalized spacial score (nSPS) is 18.6. The highest BCUT2D eigenvalue weighted by atomic mass is 32.2. The van der Waals surface area contributed by atoms with Gasteiger partial charge in [0, 0.05) is 16.6 Å². The molecule has 0 fully saturated rings. The summed E-state index contributed by atoms with van der Waals surface area (Å²) < 4.78 is 0. The van der Waals surface area contributed by atoms with E-state index in [1.165, 1.54) is 31.7 Å². The first-order chi connectivity index (χ1) is 13.2. The predicted octanol–water partition coefficient (Wildman–Crippen LogP) is 2.48. The van der Waals surface area contributed by atoms with Crippen LogP contribution in [0.5, 0.6) is 0 Å². The zero-order valence-electron chi connectivity index (χ0n) is 16.6. The lowest BCUT2D eigenvalue weighted by Gasteiger charge is -2.26. The molecule has 0 heterocycles. The molecule has 0 saturated heterocycles. The van der Waals surface area contributed by atoms with Gasteiger partial charge in [0.05, 0.1) is 12.3 Å². The molecule has 3 unspecified atom stereocenters. The predicted molar refractivity (Wildman–Crippen MR) is 111 cm³/mol. The van der Waals surface area contributed by atoms with Gasteiger partial charge >= 0.3 is 5.97 Å². The van der Waals surface area contributed by atoms with E-state index in [2.05, 4.69) is 5.32 Å². The lowest BCUT2D eigenvalue weighted by atomic mass is 9.93. The quantitative estimate of drug-likeness (QED) is 0.188. The Bertz CT molecular complexity index is 684. The molecule has 1 aliphatic rings. The van der Waals surface area contributed by atoms with Crippen LogP contribution in [0.25, 0.3) is 0 Å². The highest BCUT2D eigenvalue weighted by Crippen LogP contribution is 2.23. The number of amides is 1. The monoisotopic (exact) mass is 410 g/mol. The first-order valence-electron chi connectivity index (χ1n) is 9.29. The second kappa shape index (κ2) is 11.7. The average molecular weight is 411 g/mol. The first kappa shape index (κ1) is 24.0. The van der Waals surface area contributed by atoms with Crippen LogP contribution in [0.1, 0.15) is 46.5 Å². The van der Waals surface area contributed by atoms with Crippen molar-refractivity contribution in [1.29, 1.82) is 0 Å². The smallest absolute Gasteiger partial charge is 0.331 e. The molecule has 0 aliphatic heterocycles. The molecule has 0 saturated carbocycles. The molecule has 0 aromatic heterocycles. The molecule has 0 bridgehead atoms. The lowest BCUT2D eigenvalue weighted by Crippen LogP contribution is -2.52. The zero-order valence-corrected chi connectivity index (χ0v) is 17.4. The zero-order chi connectivity index (χ0) is 21.3. The van der Waals surface area contributed by atoms with Crippen LogP contribution in [0, 0.1) is 0 Å². The van der Waals surface area contributed by atoms with E-state index in [4.69, 9.17) is 15.9 Å². The molecule has 0 radical (unpaired) electrons. The van der Waals surface area contributed by atoms with Crippen LogP contribution < -0.4 is 11.1 Å². The summed E-state index contributed by atoms with van der Waals surface area (Å²) in [5.41, 5.74) is 7.52. The third kappa shape index (κ3) is 7.16. The van der Waals surface area contributed by atoms with Crippen LogP contribution in [0.15, 0.2) is 35.1 Å². The van der Waals surface area contributed by atoms with Gasteiger partial charge in [-0.2, -0.15) is 11.8 Å². The van der Waals surface area contributed by atoms with E-state index in [0.29, 0.717) is 5.57 Å². The number of carboxylic acid groups (broad SMARTS) is 1. The van der Waals surface area contributed by atoms with Gasteiger partial charge in [0.15, 0.2) is 5.78 Å². The maximum Gasteiger partial charge on any atom is 0.331 e. The topological polar surface area (TPSA) is 130 Å². The molecule has 3 atom stereocenters. The largest absolute Gasteiger partial charge is 0.516 e. The van der Waals surface area contributed by atoms with Crippen LogP contribution in [-0.2, 0) is 14.4 Å². The summed E-state index contributed by atoms with van der Waals surface area (Å²) in [7, 11) is 0. The molecule has 0 aromatic rings. The van der Waals surface area contributed by atoms with Crippen molar-refractivity contribution in [3.8, 4) is 0 Å². The van der Waals surface area contributed by atoms with Gasteiger partial charge in [-0.3, -0.25) is 9.59 Å². The van der Waals surface area contributed by atoms with Gasteiger partial charge in [-0.05, 0) is 56.8 Å². The molecule has 28 heavy (non-hydrogen) atoms. The van der Waals surface area contributed by atoms with Crippen LogP contribution in [0.4, 0.5) is 0 Å². The standard InChI is InChI=1S/C20H30N2O5S/c1-12(20(26)27)16(9-10-23)11-28-14(3)18(13(2)24)22-19(25)17(21)15-7-5-4-6-8-15/h7,9-10,14,17-18,23H,4-6,8,11,21H2,1-3H3,(H,22,25)(H,26,27)/b10-9-,16-12+. The third-order valence-corrected chi connectivity index (χ3v) is 6.07. The van der Waals surface area contributed by atoms with Crippen LogP contribution >= 0.6 is 11.8 Å². The molecule has 5 N–H and O–H groups in total. The molecule has 1 amide bonds. The van der Waals surface area contributed by atoms with Crippen molar-refractivity contribution < 1.29 is 24.6 Å². The van der Waals surface area contributed by atoms with Gasteiger partial charge in [-0.25, -0.2) is 4.79 Å². The fourth-order valence-electron chi connectivity index (χ4n) is 2.93. The fourth-order valence-corrected chi connectivity index (χ4v) is 4.14. The molecule has 156 valence electrons. The van der Waals surface area contributed by atoms with E-state index in [-0.39, 0.29) is 28.3 Å². The van der Waals surface area contributed by atoms with E-state index in [9.17, 15) is 14.4 Å². The second-order valence-electron chi connectivity index (χ2n) is 6.89. The number of carboxylic acids is 1. The summed E-state index contributed by atoms with van der Waals surface area (Å²) in [5.74, 6) is -1.39. The number of ketones is 1. The van der Waals surface area contributed by atoms with E-state index < -0.39 is 18.1 Å². The van der Waals surface area contributed by atoms with E-state index in [1.54, 1.807) is 6.92 Å². The number of aliphatic hydroxyl groups excluding tert-OH is 1. The van der Waals surface area contributed by atoms with Crippen LogP contribution in [0.2, 0.25) is 0 Å². The van der Waals surface area contributed by atoms with E-state index in [1.807, 2.05) is 6.08 Å². The maximum atomic E-state index is 12.5. The van der Waals surface area contributed by atoms with Crippen LogP contribution in [-0.4, -0.2) is 51.0 Å². The van der Waals surface area contributed by atoms with Crippen molar-refractivity contribution >= 4 is 29.4 Å². The Balaban J connectivity index is 2.80. The summed E-state index contributed by atoms with van der Waals surface area (Å²) in [6, 6.07) is -1.50. The summed E-state index contributed by atoms with van der Waals surface area (Å²) in [4.78, 5) is 35.8. The number of rotatable bonds is 10. The number of carbonyl (C=O) groups is 3. The van der Waals surface area contributed by atoms with Crippen molar-refractivity contribution in [1.82, 2.24) is 5.32 Å². The molecule has 0 spiro atoms. The first-order valence-corrected chi connectivity index (χ1v) is 10.3. The Morgan fingerprint density at radius 3 is 2.50 bits per heavy atom. The number of allylic oxidation sites excluding steroid dienone is 2.